The van der Waals surface area contributed by atoms with Crippen LogP contribution in [0.25, 0.3) is 0 Å². The van der Waals surface area contributed by atoms with E-state index in [1.165, 1.54) is 38.5 Å². The predicted octanol–water partition coefficient (Wildman–Crippen LogP) is 1.80. The fourth-order valence-electron chi connectivity index (χ4n) is 3.00. The van der Waals surface area contributed by atoms with E-state index in [1.807, 2.05) is 4.90 Å². The molecule has 1 saturated heterocycles. The average Bonchev–Trinajstić information content (AvgIpc) is 3.00. The molecular formula is C11H17NO. The zero-order valence-corrected chi connectivity index (χ0v) is 8.09. The second-order valence-corrected chi connectivity index (χ2v) is 5.01. The molecule has 3 fully saturated rings. The molecule has 0 radical (unpaired) electrons. The number of hydrogen-bond donors (Lipinski definition) is 0. The molecule has 72 valence electrons. The molecular weight excluding hydrogens is 162 g/mol. The fraction of sp³-hybridized carbons (Fsp3) is 0.909. The summed E-state index contributed by atoms with van der Waals surface area (Å²) in [6.07, 6.45) is 8.00. The third-order valence-corrected chi connectivity index (χ3v) is 4.10. The fourth-order valence-corrected chi connectivity index (χ4v) is 3.00. The Morgan fingerprint density at radius 1 is 1.15 bits per heavy atom. The van der Waals surface area contributed by atoms with Crippen LogP contribution in [0.1, 0.15) is 38.5 Å². The predicted molar refractivity (Wildman–Crippen MR) is 50.2 cm³/mol. The second kappa shape index (κ2) is 2.49. The average molecular weight is 179 g/mol. The van der Waals surface area contributed by atoms with Crippen LogP contribution in [0.2, 0.25) is 0 Å². The standard InChI is InChI=1S/C11H17NO/c13-10(12-6-7-12)9-8-11(9)4-2-1-3-5-11/h9H,1-8H2. The quantitative estimate of drug-likeness (QED) is 0.562. The minimum absolute atomic E-state index is 0.440. The van der Waals surface area contributed by atoms with Gasteiger partial charge in [0.25, 0.3) is 0 Å². The van der Waals surface area contributed by atoms with E-state index in [4.69, 9.17) is 0 Å². The van der Waals surface area contributed by atoms with E-state index in [0.717, 1.165) is 13.1 Å². The van der Waals surface area contributed by atoms with E-state index < -0.39 is 0 Å². The van der Waals surface area contributed by atoms with Gasteiger partial charge in [-0.15, -0.1) is 0 Å². The largest absolute Gasteiger partial charge is 0.339 e. The van der Waals surface area contributed by atoms with E-state index in [9.17, 15) is 4.79 Å². The summed E-state index contributed by atoms with van der Waals surface area (Å²) in [5.74, 6) is 0.914. The van der Waals surface area contributed by atoms with Crippen molar-refractivity contribution in [3.05, 3.63) is 0 Å². The summed E-state index contributed by atoms with van der Waals surface area (Å²) in [5, 5.41) is 0. The molecule has 0 N–H and O–H groups in total. The monoisotopic (exact) mass is 179 g/mol. The van der Waals surface area contributed by atoms with Gasteiger partial charge in [-0.05, 0) is 24.7 Å². The number of rotatable bonds is 1. The zero-order chi connectivity index (χ0) is 8.89. The third kappa shape index (κ3) is 1.18. The van der Waals surface area contributed by atoms with Crippen LogP contribution < -0.4 is 0 Å². The Kier molecular flexibility index (Phi) is 1.50. The van der Waals surface area contributed by atoms with Gasteiger partial charge in [0, 0.05) is 19.0 Å². The molecule has 2 saturated carbocycles. The van der Waals surface area contributed by atoms with Gasteiger partial charge in [-0.2, -0.15) is 0 Å². The molecule has 0 aromatic heterocycles. The first kappa shape index (κ1) is 7.84. The molecule has 1 spiro atoms. The molecule has 1 amide bonds. The first-order valence-electron chi connectivity index (χ1n) is 5.61. The van der Waals surface area contributed by atoms with Gasteiger partial charge < -0.3 is 4.90 Å². The third-order valence-electron chi connectivity index (χ3n) is 4.10. The molecule has 13 heavy (non-hydrogen) atoms. The van der Waals surface area contributed by atoms with Gasteiger partial charge in [-0.1, -0.05) is 19.3 Å². The lowest BCUT2D eigenvalue weighted by molar-refractivity contribution is -0.128. The molecule has 0 bridgehead atoms. The van der Waals surface area contributed by atoms with Gasteiger partial charge in [0.2, 0.25) is 5.91 Å². The van der Waals surface area contributed by atoms with Gasteiger partial charge in [0.1, 0.15) is 0 Å². The Bertz CT molecular complexity index is 238. The van der Waals surface area contributed by atoms with Crippen LogP contribution in [0.5, 0.6) is 0 Å². The summed E-state index contributed by atoms with van der Waals surface area (Å²) in [4.78, 5) is 13.8. The highest BCUT2D eigenvalue weighted by Gasteiger charge is 2.59. The second-order valence-electron chi connectivity index (χ2n) is 5.01. The van der Waals surface area contributed by atoms with Crippen molar-refractivity contribution >= 4 is 5.91 Å². The van der Waals surface area contributed by atoms with Crippen molar-refractivity contribution in [2.24, 2.45) is 11.3 Å². The topological polar surface area (TPSA) is 20.1 Å². The highest BCUT2D eigenvalue weighted by Crippen LogP contribution is 2.62. The van der Waals surface area contributed by atoms with Crippen LogP contribution in [0.15, 0.2) is 0 Å². The van der Waals surface area contributed by atoms with Gasteiger partial charge >= 0.3 is 0 Å². The lowest BCUT2D eigenvalue weighted by Gasteiger charge is -2.21. The molecule has 3 aliphatic rings. The highest BCUT2D eigenvalue weighted by molar-refractivity contribution is 5.84. The van der Waals surface area contributed by atoms with E-state index in [0.29, 0.717) is 17.2 Å². The highest BCUT2D eigenvalue weighted by atomic mass is 16.2. The number of hydrogen-bond acceptors (Lipinski definition) is 1. The van der Waals surface area contributed by atoms with Crippen molar-refractivity contribution in [1.82, 2.24) is 4.90 Å². The zero-order valence-electron chi connectivity index (χ0n) is 8.09. The number of nitrogens with zero attached hydrogens (tertiary/aromatic N) is 1. The number of carbonyl (C=O) groups excluding carboxylic acids is 1. The summed E-state index contributed by atoms with van der Waals surface area (Å²) >= 11 is 0. The maximum atomic E-state index is 11.8. The molecule has 2 heteroatoms. The lowest BCUT2D eigenvalue weighted by Crippen LogP contribution is -2.19. The molecule has 1 heterocycles. The Morgan fingerprint density at radius 2 is 1.85 bits per heavy atom. The van der Waals surface area contributed by atoms with E-state index in [-0.39, 0.29) is 0 Å². The van der Waals surface area contributed by atoms with Crippen molar-refractivity contribution in [3.63, 3.8) is 0 Å². The van der Waals surface area contributed by atoms with Crippen LogP contribution in [0, 0.1) is 11.3 Å². The first-order valence-corrected chi connectivity index (χ1v) is 5.61. The number of carbonyl (C=O) groups is 1. The first-order chi connectivity index (χ1) is 6.32. The van der Waals surface area contributed by atoms with Gasteiger partial charge in [0.05, 0.1) is 0 Å². The Hall–Kier alpha value is -0.530. The molecule has 2 aliphatic carbocycles. The molecule has 1 atom stereocenters. The smallest absolute Gasteiger partial charge is 0.226 e. The maximum Gasteiger partial charge on any atom is 0.226 e. The molecule has 1 unspecified atom stereocenters. The summed E-state index contributed by atoms with van der Waals surface area (Å²) in [7, 11) is 0. The SMILES string of the molecule is O=C(C1CC12CCCCC2)N1CC1. The lowest BCUT2D eigenvalue weighted by atomic mass is 9.84. The molecule has 0 aromatic rings. The van der Waals surface area contributed by atoms with Crippen LogP contribution in [-0.2, 0) is 4.79 Å². The van der Waals surface area contributed by atoms with Crippen LogP contribution in [-0.4, -0.2) is 23.9 Å². The van der Waals surface area contributed by atoms with Gasteiger partial charge in [0.15, 0.2) is 0 Å². The normalized spacial score (nSPS) is 34.8. The van der Waals surface area contributed by atoms with Gasteiger partial charge in [-0.3, -0.25) is 4.79 Å². The minimum atomic E-state index is 0.440. The summed E-state index contributed by atoms with van der Waals surface area (Å²) in [5.41, 5.74) is 0.498. The van der Waals surface area contributed by atoms with Crippen molar-refractivity contribution in [2.45, 2.75) is 38.5 Å². The number of amides is 1. The summed E-state index contributed by atoms with van der Waals surface area (Å²) in [6, 6.07) is 0. The molecule has 0 aromatic carbocycles. The van der Waals surface area contributed by atoms with Crippen LogP contribution in [0.3, 0.4) is 0 Å². The van der Waals surface area contributed by atoms with Crippen molar-refractivity contribution in [2.75, 3.05) is 13.1 Å². The van der Waals surface area contributed by atoms with Gasteiger partial charge in [-0.25, -0.2) is 0 Å². The van der Waals surface area contributed by atoms with E-state index in [1.54, 1.807) is 0 Å². The maximum absolute atomic E-state index is 11.8. The Morgan fingerprint density at radius 3 is 2.46 bits per heavy atom. The molecule has 1 aliphatic heterocycles. The van der Waals surface area contributed by atoms with E-state index >= 15 is 0 Å². The summed E-state index contributed by atoms with van der Waals surface area (Å²) in [6.45, 7) is 2.07. The van der Waals surface area contributed by atoms with Crippen molar-refractivity contribution in [3.8, 4) is 0 Å². The van der Waals surface area contributed by atoms with Crippen molar-refractivity contribution in [1.29, 1.82) is 0 Å². The van der Waals surface area contributed by atoms with Crippen molar-refractivity contribution < 1.29 is 4.79 Å². The molecule has 3 rings (SSSR count). The minimum Gasteiger partial charge on any atom is -0.339 e. The molecule has 2 nitrogen and oxygen atoms in total. The van der Waals surface area contributed by atoms with Crippen LogP contribution in [0.4, 0.5) is 0 Å². The van der Waals surface area contributed by atoms with E-state index in [2.05, 4.69) is 0 Å². The Balaban J connectivity index is 1.66. The van der Waals surface area contributed by atoms with Crippen LogP contribution >= 0.6 is 0 Å². The summed E-state index contributed by atoms with van der Waals surface area (Å²) < 4.78 is 0. The Labute approximate surface area is 79.3 Å².